The topological polar surface area (TPSA) is 9.86 Å². The van der Waals surface area contributed by atoms with Gasteiger partial charge in [-0.2, -0.15) is 0 Å². The second-order valence-corrected chi connectivity index (χ2v) is 16.5. The average molecular weight is 791 g/mol. The van der Waals surface area contributed by atoms with E-state index in [1.807, 2.05) is 0 Å². The van der Waals surface area contributed by atoms with E-state index in [1.54, 1.807) is 0 Å². The summed E-state index contributed by atoms with van der Waals surface area (Å²) >= 11 is 0. The van der Waals surface area contributed by atoms with Gasteiger partial charge in [0.1, 0.15) is 0 Å². The molecule has 0 saturated heterocycles. The van der Waals surface area contributed by atoms with Crippen LogP contribution in [-0.4, -0.2) is 9.13 Å². The molecule has 2 nitrogen and oxygen atoms in total. The van der Waals surface area contributed by atoms with Gasteiger partial charge in [0, 0.05) is 39.1 Å². The fourth-order valence-corrected chi connectivity index (χ4v) is 9.87. The largest absolute Gasteiger partial charge is 0.310 e. The maximum atomic E-state index is 2.44. The molecule has 1 unspecified atom stereocenters. The van der Waals surface area contributed by atoms with Gasteiger partial charge in [-0.05, 0) is 141 Å². The Balaban J connectivity index is 0.978. The number of fused-ring (bicyclic) bond motifs is 6. The van der Waals surface area contributed by atoms with Crippen molar-refractivity contribution in [2.24, 2.45) is 0 Å². The number of rotatable bonds is 7. The maximum absolute atomic E-state index is 2.44. The molecular weight excluding hydrogens is 749 g/mol. The molecule has 2 aromatic heterocycles. The molecule has 0 aliphatic heterocycles. The van der Waals surface area contributed by atoms with Crippen molar-refractivity contribution in [3.05, 3.63) is 247 Å². The van der Waals surface area contributed by atoms with Crippen LogP contribution in [0.3, 0.4) is 0 Å². The number of para-hydroxylation sites is 2. The van der Waals surface area contributed by atoms with E-state index in [9.17, 15) is 0 Å². The Morgan fingerprint density at radius 3 is 1.50 bits per heavy atom. The van der Waals surface area contributed by atoms with Gasteiger partial charge in [-0.25, -0.2) is 0 Å². The normalized spacial score (nSPS) is 13.5. The van der Waals surface area contributed by atoms with Gasteiger partial charge in [0.2, 0.25) is 0 Å². The van der Waals surface area contributed by atoms with Gasteiger partial charge in [-0.3, -0.25) is 0 Å². The fraction of sp³-hybridized carbons (Fsp3) is 0.0333. The molecule has 1 atom stereocenters. The molecule has 2 heteroatoms. The third-order valence-electron chi connectivity index (χ3n) is 12.9. The van der Waals surface area contributed by atoms with Crippen molar-refractivity contribution in [1.29, 1.82) is 0 Å². The van der Waals surface area contributed by atoms with Crippen LogP contribution in [0.15, 0.2) is 231 Å². The van der Waals surface area contributed by atoms with Crippen LogP contribution in [0.1, 0.15) is 22.7 Å². The van der Waals surface area contributed by atoms with Gasteiger partial charge in [-0.1, -0.05) is 158 Å². The molecule has 11 aromatic rings. The summed E-state index contributed by atoms with van der Waals surface area (Å²) in [7, 11) is 0. The minimum atomic E-state index is 0.335. The number of aromatic nitrogens is 2. The molecule has 1 aliphatic rings. The second kappa shape index (κ2) is 15.0. The van der Waals surface area contributed by atoms with Gasteiger partial charge in [-0.15, -0.1) is 0 Å². The molecule has 0 saturated carbocycles. The lowest BCUT2D eigenvalue weighted by atomic mass is 9.86. The molecule has 0 spiro atoms. The first-order valence-corrected chi connectivity index (χ1v) is 21.6. The van der Waals surface area contributed by atoms with Crippen LogP contribution >= 0.6 is 0 Å². The smallest absolute Gasteiger partial charge is 0.0541 e. The molecule has 9 aromatic carbocycles. The number of allylic oxidation sites excluding steroid dienone is 1. The summed E-state index contributed by atoms with van der Waals surface area (Å²) in [5, 5.41) is 3.81. The molecule has 0 N–H and O–H groups in total. The Morgan fingerprint density at radius 1 is 0.323 bits per heavy atom. The summed E-state index contributed by atoms with van der Waals surface area (Å²) < 4.78 is 4.88. The van der Waals surface area contributed by atoms with Crippen LogP contribution in [-0.2, 0) is 6.42 Å². The third kappa shape index (κ3) is 6.19. The van der Waals surface area contributed by atoms with E-state index in [4.69, 9.17) is 0 Å². The zero-order valence-electron chi connectivity index (χ0n) is 34.2. The van der Waals surface area contributed by atoms with Crippen LogP contribution in [0, 0.1) is 0 Å². The third-order valence-corrected chi connectivity index (χ3v) is 12.9. The van der Waals surface area contributed by atoms with Crippen LogP contribution in [0.5, 0.6) is 0 Å². The summed E-state index contributed by atoms with van der Waals surface area (Å²) in [6.45, 7) is 0. The minimum absolute atomic E-state index is 0.335. The van der Waals surface area contributed by atoms with Crippen molar-refractivity contribution in [3.63, 3.8) is 0 Å². The Kier molecular flexibility index (Phi) is 8.67. The number of hydrogen-bond acceptors (Lipinski definition) is 0. The summed E-state index contributed by atoms with van der Waals surface area (Å²) in [4.78, 5) is 0. The monoisotopic (exact) mass is 790 g/mol. The van der Waals surface area contributed by atoms with Crippen LogP contribution in [0.2, 0.25) is 0 Å². The Labute approximate surface area is 361 Å². The van der Waals surface area contributed by atoms with Crippen LogP contribution in [0.4, 0.5) is 0 Å². The van der Waals surface area contributed by atoms with E-state index in [1.165, 1.54) is 99.7 Å². The fourth-order valence-electron chi connectivity index (χ4n) is 9.87. The predicted octanol–water partition coefficient (Wildman–Crippen LogP) is 15.7. The minimum Gasteiger partial charge on any atom is -0.310 e. The molecule has 0 fully saturated rings. The quantitative estimate of drug-likeness (QED) is 0.152. The number of benzene rings is 9. The molecule has 12 rings (SSSR count). The summed E-state index contributed by atoms with van der Waals surface area (Å²) in [6.07, 6.45) is 5.70. The highest BCUT2D eigenvalue weighted by molar-refractivity contribution is 6.11. The maximum Gasteiger partial charge on any atom is 0.0541 e. The molecule has 0 radical (unpaired) electrons. The summed E-state index contributed by atoms with van der Waals surface area (Å²) in [5.41, 5.74) is 19.7. The van der Waals surface area contributed by atoms with Gasteiger partial charge in [0.15, 0.2) is 0 Å². The van der Waals surface area contributed by atoms with Crippen LogP contribution in [0.25, 0.3) is 94.7 Å². The van der Waals surface area contributed by atoms with Crippen molar-refractivity contribution in [3.8, 4) is 55.9 Å². The summed E-state index contributed by atoms with van der Waals surface area (Å²) in [5.74, 6) is 0.335. The predicted molar refractivity (Wildman–Crippen MR) is 261 cm³/mol. The molecular formula is C60H42N2. The van der Waals surface area contributed by atoms with E-state index in [0.717, 1.165) is 12.1 Å². The zero-order valence-corrected chi connectivity index (χ0v) is 34.2. The summed E-state index contributed by atoms with van der Waals surface area (Å²) in [6, 6.07) is 82.1. The van der Waals surface area contributed by atoms with Gasteiger partial charge >= 0.3 is 0 Å². The first kappa shape index (κ1) is 36.0. The SMILES string of the molecule is C1=CC(c2ccccc2)Cc2c1n(-c1ccccc1)c1ccc(-c3ccc4c(c3)c3ccccc3n4-c3cccc(-c4cc(-c5ccccc5)cc(-c5ccccc5)c4)c3)cc21. The van der Waals surface area contributed by atoms with E-state index in [-0.39, 0.29) is 0 Å². The first-order chi connectivity index (χ1) is 30.7. The number of hydrogen-bond donors (Lipinski definition) is 0. The molecule has 62 heavy (non-hydrogen) atoms. The van der Waals surface area contributed by atoms with Crippen molar-refractivity contribution in [2.45, 2.75) is 12.3 Å². The van der Waals surface area contributed by atoms with Crippen molar-refractivity contribution >= 4 is 38.8 Å². The molecule has 292 valence electrons. The average Bonchev–Trinajstić information content (AvgIpc) is 3.87. The lowest BCUT2D eigenvalue weighted by Crippen LogP contribution is -2.07. The van der Waals surface area contributed by atoms with Crippen molar-refractivity contribution in [2.75, 3.05) is 0 Å². The lowest BCUT2D eigenvalue weighted by molar-refractivity contribution is 0.825. The van der Waals surface area contributed by atoms with E-state index >= 15 is 0 Å². The van der Waals surface area contributed by atoms with Gasteiger partial charge in [0.05, 0.1) is 16.6 Å². The van der Waals surface area contributed by atoms with Gasteiger partial charge < -0.3 is 9.13 Å². The molecule has 1 aliphatic carbocycles. The van der Waals surface area contributed by atoms with Crippen molar-refractivity contribution < 1.29 is 0 Å². The molecule has 2 heterocycles. The molecule has 0 bridgehead atoms. The van der Waals surface area contributed by atoms with Gasteiger partial charge in [0.25, 0.3) is 0 Å². The number of nitrogens with zero attached hydrogens (tertiary/aromatic N) is 2. The Bertz CT molecular complexity index is 3410. The Morgan fingerprint density at radius 2 is 0.823 bits per heavy atom. The van der Waals surface area contributed by atoms with Crippen LogP contribution < -0.4 is 0 Å². The molecule has 0 amide bonds. The zero-order chi connectivity index (χ0) is 41.0. The Hall–Kier alpha value is -7.94. The first-order valence-electron chi connectivity index (χ1n) is 21.6. The highest BCUT2D eigenvalue weighted by Crippen LogP contribution is 2.42. The lowest BCUT2D eigenvalue weighted by Gasteiger charge is -2.19. The van der Waals surface area contributed by atoms with E-state index in [0.29, 0.717) is 5.92 Å². The highest BCUT2D eigenvalue weighted by Gasteiger charge is 2.24. The highest BCUT2D eigenvalue weighted by atomic mass is 15.0. The van der Waals surface area contributed by atoms with E-state index in [2.05, 4.69) is 246 Å². The van der Waals surface area contributed by atoms with E-state index < -0.39 is 0 Å². The van der Waals surface area contributed by atoms with Crippen molar-refractivity contribution in [1.82, 2.24) is 9.13 Å². The second-order valence-electron chi connectivity index (χ2n) is 16.5. The standard InChI is InChI=1S/C60H42N2/c1-5-16-41(17-6-1)45-28-31-59-55(38-45)56-40-47(30-33-60(56)61(59)51-23-11-4-12-24-51)46-29-32-58-54(39-46)53-26-13-14-27-57(53)62(58)52-25-15-22-44(37-52)50-35-48(42-18-7-2-8-19-42)34-49(36-50)43-20-9-3-10-21-43/h1-37,39-40,45H,38H2.